The molecule has 116 valence electrons. The number of methoxy groups -OCH3 is 1. The van der Waals surface area contributed by atoms with Crippen molar-refractivity contribution in [3.63, 3.8) is 0 Å². The number of amides is 1. The number of ether oxygens (including phenoxy) is 1. The molecule has 1 N–H and O–H groups in total. The zero-order chi connectivity index (χ0) is 15.2. The Morgan fingerprint density at radius 3 is 2.62 bits per heavy atom. The Morgan fingerprint density at radius 1 is 1.29 bits per heavy atom. The molecule has 5 nitrogen and oxygen atoms in total. The molecule has 1 fully saturated rings. The van der Waals surface area contributed by atoms with Crippen LogP contribution in [-0.2, 0) is 4.79 Å². The van der Waals surface area contributed by atoms with Crippen molar-refractivity contribution < 1.29 is 9.53 Å². The molecular formula is C16H25N3O2. The molecule has 0 spiro atoms. The zero-order valence-electron chi connectivity index (χ0n) is 13.1. The van der Waals surface area contributed by atoms with Crippen LogP contribution in [0.5, 0.6) is 5.75 Å². The third kappa shape index (κ3) is 4.36. The van der Waals surface area contributed by atoms with Crippen molar-refractivity contribution in [3.8, 4) is 5.75 Å². The van der Waals surface area contributed by atoms with E-state index >= 15 is 0 Å². The number of nitrogens with zero attached hydrogens (tertiary/aromatic N) is 2. The lowest BCUT2D eigenvalue weighted by atomic mass is 10.2. The minimum Gasteiger partial charge on any atom is -0.497 e. The van der Waals surface area contributed by atoms with Gasteiger partial charge in [0.1, 0.15) is 5.75 Å². The van der Waals surface area contributed by atoms with E-state index < -0.39 is 0 Å². The number of hydrogen-bond acceptors (Lipinski definition) is 4. The van der Waals surface area contributed by atoms with E-state index in [-0.39, 0.29) is 5.91 Å². The van der Waals surface area contributed by atoms with Crippen molar-refractivity contribution in [2.45, 2.75) is 19.9 Å². The number of nitrogens with one attached hydrogen (secondary N) is 1. The van der Waals surface area contributed by atoms with Gasteiger partial charge in [-0.2, -0.15) is 0 Å². The minimum absolute atomic E-state index is 0.189. The first-order valence-electron chi connectivity index (χ1n) is 7.50. The summed E-state index contributed by atoms with van der Waals surface area (Å²) in [5, 5.41) is 3.18. The molecule has 0 unspecified atom stereocenters. The molecule has 0 atom stereocenters. The molecule has 1 heterocycles. The summed E-state index contributed by atoms with van der Waals surface area (Å²) >= 11 is 0. The van der Waals surface area contributed by atoms with Gasteiger partial charge in [0.25, 0.3) is 0 Å². The Balaban J connectivity index is 1.86. The maximum atomic E-state index is 12.1. The molecule has 1 saturated heterocycles. The van der Waals surface area contributed by atoms with E-state index in [2.05, 4.69) is 16.3 Å². The summed E-state index contributed by atoms with van der Waals surface area (Å²) < 4.78 is 5.26. The van der Waals surface area contributed by atoms with Crippen LogP contribution in [0.3, 0.4) is 0 Å². The topological polar surface area (TPSA) is 44.8 Å². The van der Waals surface area contributed by atoms with Crippen LogP contribution in [0.15, 0.2) is 24.3 Å². The molecule has 1 aliphatic heterocycles. The number of hydrogen-bond donors (Lipinski definition) is 1. The summed E-state index contributed by atoms with van der Waals surface area (Å²) in [6.07, 6.45) is 0. The lowest BCUT2D eigenvalue weighted by Gasteiger charge is -2.36. The van der Waals surface area contributed by atoms with Crippen molar-refractivity contribution in [1.82, 2.24) is 10.2 Å². The first kappa shape index (κ1) is 15.6. The molecule has 1 aromatic carbocycles. The summed E-state index contributed by atoms with van der Waals surface area (Å²) in [6.45, 7) is 7.80. The Bertz CT molecular complexity index is 468. The van der Waals surface area contributed by atoms with Crippen molar-refractivity contribution >= 4 is 11.6 Å². The van der Waals surface area contributed by atoms with Gasteiger partial charge in [0, 0.05) is 44.0 Å². The fraction of sp³-hybridized carbons (Fsp3) is 0.562. The summed E-state index contributed by atoms with van der Waals surface area (Å²) in [6, 6.07) is 8.41. The average Bonchev–Trinajstić information content (AvgIpc) is 2.52. The van der Waals surface area contributed by atoms with Crippen molar-refractivity contribution in [2.75, 3.05) is 44.7 Å². The lowest BCUT2D eigenvalue weighted by molar-refractivity contribution is -0.130. The van der Waals surface area contributed by atoms with E-state index in [1.807, 2.05) is 36.9 Å². The van der Waals surface area contributed by atoms with Gasteiger partial charge in [-0.3, -0.25) is 4.79 Å². The third-order valence-corrected chi connectivity index (χ3v) is 3.71. The van der Waals surface area contributed by atoms with Gasteiger partial charge < -0.3 is 19.9 Å². The van der Waals surface area contributed by atoms with E-state index in [1.165, 1.54) is 0 Å². The zero-order valence-corrected chi connectivity index (χ0v) is 13.1. The highest BCUT2D eigenvalue weighted by molar-refractivity contribution is 5.78. The van der Waals surface area contributed by atoms with Crippen LogP contribution in [0.1, 0.15) is 13.8 Å². The molecule has 1 aliphatic rings. The fourth-order valence-corrected chi connectivity index (χ4v) is 2.42. The van der Waals surface area contributed by atoms with Gasteiger partial charge in [-0.25, -0.2) is 0 Å². The van der Waals surface area contributed by atoms with E-state index in [9.17, 15) is 4.79 Å². The van der Waals surface area contributed by atoms with Crippen LogP contribution in [0.2, 0.25) is 0 Å². The van der Waals surface area contributed by atoms with Gasteiger partial charge in [0.15, 0.2) is 0 Å². The molecule has 1 amide bonds. The van der Waals surface area contributed by atoms with Gasteiger partial charge in [-0.15, -0.1) is 0 Å². The molecule has 0 radical (unpaired) electrons. The highest BCUT2D eigenvalue weighted by atomic mass is 16.5. The number of rotatable bonds is 5. The molecule has 1 aromatic rings. The summed E-state index contributed by atoms with van der Waals surface area (Å²) in [4.78, 5) is 16.3. The van der Waals surface area contributed by atoms with Gasteiger partial charge >= 0.3 is 0 Å². The Kier molecular flexibility index (Phi) is 5.44. The Morgan fingerprint density at radius 2 is 2.00 bits per heavy atom. The molecule has 5 heteroatoms. The van der Waals surface area contributed by atoms with E-state index in [4.69, 9.17) is 4.74 Å². The second kappa shape index (κ2) is 7.31. The van der Waals surface area contributed by atoms with Crippen LogP contribution in [-0.4, -0.2) is 56.7 Å². The number of piperazine rings is 1. The van der Waals surface area contributed by atoms with Crippen molar-refractivity contribution in [2.24, 2.45) is 0 Å². The molecule has 0 aliphatic carbocycles. The first-order chi connectivity index (χ1) is 10.1. The maximum absolute atomic E-state index is 12.1. The van der Waals surface area contributed by atoms with Crippen molar-refractivity contribution in [3.05, 3.63) is 24.3 Å². The number of anilines is 1. The molecular weight excluding hydrogens is 266 g/mol. The smallest absolute Gasteiger partial charge is 0.236 e. The van der Waals surface area contributed by atoms with Crippen molar-refractivity contribution in [1.29, 1.82) is 0 Å². The van der Waals surface area contributed by atoms with Gasteiger partial charge in [-0.1, -0.05) is 19.9 Å². The van der Waals surface area contributed by atoms with E-state index in [0.717, 1.165) is 37.6 Å². The molecule has 0 bridgehead atoms. The second-order valence-electron chi connectivity index (χ2n) is 5.60. The quantitative estimate of drug-likeness (QED) is 0.889. The molecule has 2 rings (SSSR count). The van der Waals surface area contributed by atoms with Gasteiger partial charge in [0.2, 0.25) is 5.91 Å². The molecule has 0 aromatic heterocycles. The molecule has 21 heavy (non-hydrogen) atoms. The average molecular weight is 291 g/mol. The number of benzene rings is 1. The van der Waals surface area contributed by atoms with Gasteiger partial charge in [-0.05, 0) is 12.1 Å². The van der Waals surface area contributed by atoms with Gasteiger partial charge in [0.05, 0.1) is 13.7 Å². The number of carbonyl (C=O) groups is 1. The largest absolute Gasteiger partial charge is 0.497 e. The number of carbonyl (C=O) groups excluding carboxylic acids is 1. The molecule has 0 saturated carbocycles. The normalized spacial score (nSPS) is 15.4. The Labute approximate surface area is 126 Å². The SMILES string of the molecule is COc1cccc(N2CCN(C(=O)CNC(C)C)CC2)c1. The highest BCUT2D eigenvalue weighted by Gasteiger charge is 2.21. The minimum atomic E-state index is 0.189. The summed E-state index contributed by atoms with van der Waals surface area (Å²) in [5.41, 5.74) is 1.15. The second-order valence-corrected chi connectivity index (χ2v) is 5.60. The van der Waals surface area contributed by atoms with Crippen LogP contribution in [0.4, 0.5) is 5.69 Å². The fourth-order valence-electron chi connectivity index (χ4n) is 2.42. The predicted molar refractivity (Wildman–Crippen MR) is 84.9 cm³/mol. The monoisotopic (exact) mass is 291 g/mol. The third-order valence-electron chi connectivity index (χ3n) is 3.71. The predicted octanol–water partition coefficient (Wildman–Crippen LogP) is 1.34. The van der Waals surface area contributed by atoms with Crippen LogP contribution < -0.4 is 15.0 Å². The summed E-state index contributed by atoms with van der Waals surface area (Å²) in [7, 11) is 1.68. The highest BCUT2D eigenvalue weighted by Crippen LogP contribution is 2.22. The van der Waals surface area contributed by atoms with E-state index in [0.29, 0.717) is 12.6 Å². The van der Waals surface area contributed by atoms with Crippen LogP contribution >= 0.6 is 0 Å². The lowest BCUT2D eigenvalue weighted by Crippen LogP contribution is -2.51. The standard InChI is InChI=1S/C16H25N3O2/c1-13(2)17-12-16(20)19-9-7-18(8-10-19)14-5-4-6-15(11-14)21-3/h4-6,11,13,17H,7-10,12H2,1-3H3. The Hall–Kier alpha value is -1.75. The first-order valence-corrected chi connectivity index (χ1v) is 7.50. The van der Waals surface area contributed by atoms with Crippen LogP contribution in [0.25, 0.3) is 0 Å². The summed E-state index contributed by atoms with van der Waals surface area (Å²) in [5.74, 6) is 1.06. The maximum Gasteiger partial charge on any atom is 0.236 e. The van der Waals surface area contributed by atoms with E-state index in [1.54, 1.807) is 7.11 Å². The van der Waals surface area contributed by atoms with Crippen LogP contribution in [0, 0.1) is 0 Å².